The van der Waals surface area contributed by atoms with Crippen molar-refractivity contribution in [1.82, 2.24) is 0 Å². The molecule has 0 heterocycles. The Bertz CT molecular complexity index is 1580. The highest BCUT2D eigenvalue weighted by Gasteiger charge is 2.17. The van der Waals surface area contributed by atoms with Crippen LogP contribution in [0.3, 0.4) is 0 Å². The second-order valence-corrected chi connectivity index (χ2v) is 7.41. The largest absolute Gasteiger partial charge is 0.270 e. The number of nitro groups is 1. The summed E-state index contributed by atoms with van der Waals surface area (Å²) in [5, 5.41) is 21.0. The Balaban J connectivity index is 1.89. The Morgan fingerprint density at radius 3 is 1.93 bits per heavy atom. The predicted octanol–water partition coefficient (Wildman–Crippen LogP) is 7.31. The van der Waals surface area contributed by atoms with Gasteiger partial charge in [0.05, 0.1) is 4.92 Å². The van der Waals surface area contributed by atoms with E-state index in [1.54, 1.807) is 12.1 Å². The molecule has 6 aromatic rings. The lowest BCUT2D eigenvalue weighted by Crippen LogP contribution is -1.91. The van der Waals surface area contributed by atoms with Crippen molar-refractivity contribution in [2.24, 2.45) is 0 Å². The van der Waals surface area contributed by atoms with Gasteiger partial charge in [-0.25, -0.2) is 0 Å². The molecule has 3 heteroatoms. The maximum Gasteiger partial charge on any atom is 0.270 e. The average molecular weight is 373 g/mol. The fraction of sp³-hybridized carbons (Fsp3) is 0. The van der Waals surface area contributed by atoms with E-state index >= 15 is 0 Å². The van der Waals surface area contributed by atoms with Crippen molar-refractivity contribution in [2.75, 3.05) is 0 Å². The standard InChI is InChI=1S/C26H15NO2/c28-27(29)19-9-1-8-18(15-19)20-14-13-17-7-3-11-22-21-10-2-5-16-6-4-12-23(24(16)21)26(20)25(17)22/h1-15H. The summed E-state index contributed by atoms with van der Waals surface area (Å²) in [5.41, 5.74) is 2.00. The van der Waals surface area contributed by atoms with Crippen LogP contribution in [-0.4, -0.2) is 4.92 Å². The molecule has 0 unspecified atom stereocenters. The van der Waals surface area contributed by atoms with Crippen molar-refractivity contribution in [3.05, 3.63) is 101 Å². The molecule has 0 bridgehead atoms. The van der Waals surface area contributed by atoms with Crippen molar-refractivity contribution in [3.63, 3.8) is 0 Å². The molecule has 0 spiro atoms. The normalized spacial score (nSPS) is 11.7. The Labute approximate surface area is 166 Å². The van der Waals surface area contributed by atoms with E-state index in [0.29, 0.717) is 0 Å². The third-order valence-corrected chi connectivity index (χ3v) is 5.88. The lowest BCUT2D eigenvalue weighted by Gasteiger charge is -2.17. The zero-order valence-electron chi connectivity index (χ0n) is 15.4. The van der Waals surface area contributed by atoms with Crippen LogP contribution in [0, 0.1) is 10.1 Å². The van der Waals surface area contributed by atoms with E-state index < -0.39 is 0 Å². The first kappa shape index (κ1) is 16.0. The van der Waals surface area contributed by atoms with E-state index in [0.717, 1.165) is 16.5 Å². The molecule has 29 heavy (non-hydrogen) atoms. The molecule has 0 N–H and O–H groups in total. The van der Waals surface area contributed by atoms with Crippen LogP contribution in [0.1, 0.15) is 0 Å². The third-order valence-electron chi connectivity index (χ3n) is 5.88. The summed E-state index contributed by atoms with van der Waals surface area (Å²) in [4.78, 5) is 11.0. The Morgan fingerprint density at radius 2 is 1.21 bits per heavy atom. The van der Waals surface area contributed by atoms with Gasteiger partial charge >= 0.3 is 0 Å². The minimum absolute atomic E-state index is 0.109. The first-order valence-electron chi connectivity index (χ1n) is 9.55. The SMILES string of the molecule is O=[N+]([O-])c1cccc(-c2ccc3cccc4c5cccc6cccc(c2c34)c65)c1. The van der Waals surface area contributed by atoms with Gasteiger partial charge in [-0.1, -0.05) is 78.9 Å². The molecule has 0 fully saturated rings. The van der Waals surface area contributed by atoms with Gasteiger partial charge in [0.2, 0.25) is 0 Å². The van der Waals surface area contributed by atoms with Crippen LogP contribution >= 0.6 is 0 Å². The minimum Gasteiger partial charge on any atom is -0.258 e. The number of nitrogens with zero attached hydrogens (tertiary/aromatic N) is 1. The highest BCUT2D eigenvalue weighted by Crippen LogP contribution is 2.44. The second kappa shape index (κ2) is 5.76. The van der Waals surface area contributed by atoms with Crippen LogP contribution in [0.5, 0.6) is 0 Å². The summed E-state index contributed by atoms with van der Waals surface area (Å²) in [6, 6.07) is 30.4. The van der Waals surface area contributed by atoms with Crippen LogP contribution < -0.4 is 0 Å². The number of hydrogen-bond acceptors (Lipinski definition) is 2. The fourth-order valence-electron chi connectivity index (χ4n) is 4.68. The molecule has 0 aliphatic rings. The maximum absolute atomic E-state index is 11.3. The van der Waals surface area contributed by atoms with E-state index in [2.05, 4.69) is 66.7 Å². The van der Waals surface area contributed by atoms with Gasteiger partial charge < -0.3 is 0 Å². The second-order valence-electron chi connectivity index (χ2n) is 7.41. The summed E-state index contributed by atoms with van der Waals surface area (Å²) in [5.74, 6) is 0. The highest BCUT2D eigenvalue weighted by atomic mass is 16.6. The van der Waals surface area contributed by atoms with Crippen molar-refractivity contribution in [1.29, 1.82) is 0 Å². The van der Waals surface area contributed by atoms with Gasteiger partial charge in [-0.05, 0) is 54.2 Å². The van der Waals surface area contributed by atoms with Gasteiger partial charge in [0.1, 0.15) is 0 Å². The van der Waals surface area contributed by atoms with Crippen LogP contribution in [0.15, 0.2) is 91.0 Å². The molecular formula is C26H15NO2. The third kappa shape index (κ3) is 2.18. The highest BCUT2D eigenvalue weighted by molar-refractivity contribution is 6.35. The minimum atomic E-state index is -0.336. The van der Waals surface area contributed by atoms with Crippen LogP contribution in [0.2, 0.25) is 0 Å². The number of nitro benzene ring substituents is 1. The lowest BCUT2D eigenvalue weighted by atomic mass is 9.86. The average Bonchev–Trinajstić information content (AvgIpc) is 2.77. The van der Waals surface area contributed by atoms with Crippen LogP contribution in [0.4, 0.5) is 5.69 Å². The molecular weight excluding hydrogens is 358 g/mol. The zero-order valence-corrected chi connectivity index (χ0v) is 15.4. The molecule has 6 rings (SSSR count). The molecule has 0 radical (unpaired) electrons. The fourth-order valence-corrected chi connectivity index (χ4v) is 4.68. The van der Waals surface area contributed by atoms with Crippen LogP contribution in [-0.2, 0) is 0 Å². The van der Waals surface area contributed by atoms with E-state index in [1.807, 2.05) is 6.07 Å². The summed E-state index contributed by atoms with van der Waals surface area (Å²) in [7, 11) is 0. The van der Waals surface area contributed by atoms with Crippen molar-refractivity contribution >= 4 is 48.8 Å². The van der Waals surface area contributed by atoms with Gasteiger partial charge in [0, 0.05) is 12.1 Å². The van der Waals surface area contributed by atoms with Gasteiger partial charge in [-0.15, -0.1) is 0 Å². The Kier molecular flexibility index (Phi) is 3.18. The first-order chi connectivity index (χ1) is 14.2. The summed E-state index contributed by atoms with van der Waals surface area (Å²) in [6.45, 7) is 0. The molecule has 136 valence electrons. The Hall–Kier alpha value is -3.98. The van der Waals surface area contributed by atoms with E-state index in [4.69, 9.17) is 0 Å². The van der Waals surface area contributed by atoms with Gasteiger partial charge in [-0.2, -0.15) is 0 Å². The summed E-state index contributed by atoms with van der Waals surface area (Å²) in [6.07, 6.45) is 0. The maximum atomic E-state index is 11.3. The van der Waals surface area contributed by atoms with Gasteiger partial charge in [0.15, 0.2) is 0 Å². The van der Waals surface area contributed by atoms with Crippen molar-refractivity contribution < 1.29 is 4.92 Å². The summed E-state index contributed by atoms with van der Waals surface area (Å²) >= 11 is 0. The lowest BCUT2D eigenvalue weighted by molar-refractivity contribution is -0.384. The number of benzene rings is 6. The number of hydrogen-bond donors (Lipinski definition) is 0. The van der Waals surface area contributed by atoms with Gasteiger partial charge in [0.25, 0.3) is 5.69 Å². The molecule has 0 atom stereocenters. The molecule has 0 aromatic heterocycles. The van der Waals surface area contributed by atoms with Crippen molar-refractivity contribution in [2.45, 2.75) is 0 Å². The zero-order chi connectivity index (χ0) is 19.5. The predicted molar refractivity (Wildman–Crippen MR) is 120 cm³/mol. The first-order valence-corrected chi connectivity index (χ1v) is 9.55. The smallest absolute Gasteiger partial charge is 0.258 e. The molecule has 0 amide bonds. The molecule has 0 aliphatic carbocycles. The molecule has 0 aliphatic heterocycles. The monoisotopic (exact) mass is 373 g/mol. The van der Waals surface area contributed by atoms with Crippen molar-refractivity contribution in [3.8, 4) is 11.1 Å². The van der Waals surface area contributed by atoms with Crippen LogP contribution in [0.25, 0.3) is 54.2 Å². The molecule has 3 nitrogen and oxygen atoms in total. The van der Waals surface area contributed by atoms with E-state index in [9.17, 15) is 10.1 Å². The topological polar surface area (TPSA) is 43.1 Å². The molecule has 0 saturated heterocycles. The Morgan fingerprint density at radius 1 is 0.586 bits per heavy atom. The quantitative estimate of drug-likeness (QED) is 0.138. The summed E-state index contributed by atoms with van der Waals surface area (Å²) < 4.78 is 0. The van der Waals surface area contributed by atoms with E-state index in [1.165, 1.54) is 43.8 Å². The molecule has 0 saturated carbocycles. The van der Waals surface area contributed by atoms with E-state index in [-0.39, 0.29) is 10.6 Å². The molecule has 6 aromatic carbocycles. The number of rotatable bonds is 2. The van der Waals surface area contributed by atoms with Gasteiger partial charge in [-0.3, -0.25) is 10.1 Å². The number of fused-ring (bicyclic) bond motifs is 2. The number of non-ortho nitro benzene ring substituents is 1.